The number of ether oxygens (including phenoxy) is 2. The first-order chi connectivity index (χ1) is 15.9. The van der Waals surface area contributed by atoms with E-state index in [4.69, 9.17) is 21.1 Å². The summed E-state index contributed by atoms with van der Waals surface area (Å²) in [5.41, 5.74) is 3.05. The Morgan fingerprint density at radius 1 is 1.12 bits per heavy atom. The summed E-state index contributed by atoms with van der Waals surface area (Å²) in [6, 6.07) is 20.3. The molecule has 7 heteroatoms. The first-order valence-corrected chi connectivity index (χ1v) is 11.4. The maximum absolute atomic E-state index is 12.7. The Morgan fingerprint density at radius 2 is 1.88 bits per heavy atom. The number of hydrogen-bond donors (Lipinski definition) is 1. The minimum atomic E-state index is -0.494. The third-order valence-electron chi connectivity index (χ3n) is 4.64. The molecule has 3 aromatic rings. The molecule has 0 aliphatic carbocycles. The van der Waals surface area contributed by atoms with E-state index < -0.39 is 5.91 Å². The van der Waals surface area contributed by atoms with Gasteiger partial charge < -0.3 is 14.8 Å². The second-order valence-electron chi connectivity index (χ2n) is 7.13. The molecule has 1 amide bonds. The van der Waals surface area contributed by atoms with Crippen LogP contribution in [0.5, 0.6) is 11.5 Å². The van der Waals surface area contributed by atoms with Crippen LogP contribution in [0.4, 0.5) is 5.69 Å². The van der Waals surface area contributed by atoms with Gasteiger partial charge in [0.25, 0.3) is 5.91 Å². The number of hydrogen-bond acceptors (Lipinski definition) is 4. The number of aryl methyl sites for hydroxylation is 1. The molecule has 0 radical (unpaired) electrons. The monoisotopic (exact) mass is 524 g/mol. The molecule has 0 aromatic heterocycles. The van der Waals surface area contributed by atoms with Gasteiger partial charge in [0.1, 0.15) is 18.2 Å². The number of halogens is 2. The quantitative estimate of drug-likeness (QED) is 0.256. The number of rotatable bonds is 8. The molecule has 0 aliphatic heterocycles. The fourth-order valence-corrected chi connectivity index (χ4v) is 3.67. The maximum Gasteiger partial charge on any atom is 0.266 e. The van der Waals surface area contributed by atoms with Crippen molar-refractivity contribution in [2.45, 2.75) is 20.5 Å². The van der Waals surface area contributed by atoms with Crippen LogP contribution in [-0.2, 0) is 11.4 Å². The van der Waals surface area contributed by atoms with Gasteiger partial charge in [-0.25, -0.2) is 0 Å². The standard InChI is InChI=1S/C26H22BrClN2O3/c1-3-32-24-13-19(12-20(15-29)26(31)30-21-9-6-7-17(2)11-21)22(27)14-25(24)33-16-18-8-4-5-10-23(18)28/h4-14H,3,16H2,1-2H3,(H,30,31)/b20-12+. The Labute approximate surface area is 206 Å². The van der Waals surface area contributed by atoms with Gasteiger partial charge in [0.05, 0.1) is 6.61 Å². The number of anilines is 1. The second kappa shape index (κ2) is 11.6. The van der Waals surface area contributed by atoms with Crippen molar-refractivity contribution in [2.75, 3.05) is 11.9 Å². The van der Waals surface area contributed by atoms with Crippen LogP contribution in [0.1, 0.15) is 23.6 Å². The fraction of sp³-hybridized carbons (Fsp3) is 0.154. The van der Waals surface area contributed by atoms with Crippen molar-refractivity contribution < 1.29 is 14.3 Å². The van der Waals surface area contributed by atoms with Gasteiger partial charge in [0, 0.05) is 20.7 Å². The SMILES string of the molecule is CCOc1cc(/C=C(\C#N)C(=O)Nc2cccc(C)c2)c(Br)cc1OCc1ccccc1Cl. The number of carbonyl (C=O) groups is 1. The molecule has 0 aliphatic rings. The molecule has 33 heavy (non-hydrogen) atoms. The normalized spacial score (nSPS) is 10.9. The average Bonchev–Trinajstić information content (AvgIpc) is 2.79. The molecule has 0 saturated heterocycles. The van der Waals surface area contributed by atoms with Crippen LogP contribution in [0.3, 0.4) is 0 Å². The highest BCUT2D eigenvalue weighted by molar-refractivity contribution is 9.10. The zero-order chi connectivity index (χ0) is 23.8. The predicted molar refractivity (Wildman–Crippen MR) is 134 cm³/mol. The molecule has 1 N–H and O–H groups in total. The molecule has 5 nitrogen and oxygen atoms in total. The molecular weight excluding hydrogens is 504 g/mol. The van der Waals surface area contributed by atoms with Crippen molar-refractivity contribution in [3.63, 3.8) is 0 Å². The molecule has 3 aromatic carbocycles. The van der Waals surface area contributed by atoms with Crippen molar-refractivity contribution in [3.05, 3.63) is 92.4 Å². The van der Waals surface area contributed by atoms with Crippen molar-refractivity contribution in [1.29, 1.82) is 5.26 Å². The summed E-state index contributed by atoms with van der Waals surface area (Å²) in [6.07, 6.45) is 1.51. The summed E-state index contributed by atoms with van der Waals surface area (Å²) in [5.74, 6) is 0.519. The topological polar surface area (TPSA) is 71.3 Å². The highest BCUT2D eigenvalue weighted by atomic mass is 79.9. The second-order valence-corrected chi connectivity index (χ2v) is 8.39. The minimum absolute atomic E-state index is 0.0376. The van der Waals surface area contributed by atoms with E-state index in [1.54, 1.807) is 24.3 Å². The van der Waals surface area contributed by atoms with E-state index in [2.05, 4.69) is 21.2 Å². The summed E-state index contributed by atoms with van der Waals surface area (Å²) in [4.78, 5) is 12.7. The molecule has 168 valence electrons. The van der Waals surface area contributed by atoms with E-state index in [0.717, 1.165) is 11.1 Å². The van der Waals surface area contributed by atoms with Crippen LogP contribution in [0, 0.1) is 18.3 Å². The van der Waals surface area contributed by atoms with Crippen molar-refractivity contribution in [2.24, 2.45) is 0 Å². The van der Waals surface area contributed by atoms with Crippen LogP contribution >= 0.6 is 27.5 Å². The maximum atomic E-state index is 12.7. The van der Waals surface area contributed by atoms with E-state index in [0.29, 0.717) is 38.9 Å². The summed E-state index contributed by atoms with van der Waals surface area (Å²) < 4.78 is 12.4. The number of nitriles is 1. The van der Waals surface area contributed by atoms with Gasteiger partial charge in [-0.2, -0.15) is 5.26 Å². The van der Waals surface area contributed by atoms with Gasteiger partial charge in [-0.1, -0.05) is 57.9 Å². The lowest BCUT2D eigenvalue weighted by Crippen LogP contribution is -2.13. The lowest BCUT2D eigenvalue weighted by molar-refractivity contribution is -0.112. The summed E-state index contributed by atoms with van der Waals surface area (Å²) in [7, 11) is 0. The average molecular weight is 526 g/mol. The number of nitrogens with zero attached hydrogens (tertiary/aromatic N) is 1. The Balaban J connectivity index is 1.86. The number of benzene rings is 3. The van der Waals surface area contributed by atoms with E-state index in [1.807, 2.05) is 56.3 Å². The molecule has 0 bridgehead atoms. The van der Waals surface area contributed by atoms with Crippen molar-refractivity contribution >= 4 is 45.2 Å². The van der Waals surface area contributed by atoms with Crippen LogP contribution < -0.4 is 14.8 Å². The Bertz CT molecular complexity index is 1230. The molecule has 0 fully saturated rings. The van der Waals surface area contributed by atoms with E-state index in [-0.39, 0.29) is 12.2 Å². The molecule has 0 saturated carbocycles. The van der Waals surface area contributed by atoms with E-state index in [1.165, 1.54) is 6.08 Å². The summed E-state index contributed by atoms with van der Waals surface area (Å²) >= 11 is 9.73. The molecule has 0 spiro atoms. The van der Waals surface area contributed by atoms with Crippen molar-refractivity contribution in [3.8, 4) is 17.6 Å². The lowest BCUT2D eigenvalue weighted by atomic mass is 10.1. The Kier molecular flexibility index (Phi) is 8.53. The van der Waals surface area contributed by atoms with E-state index >= 15 is 0 Å². The summed E-state index contributed by atoms with van der Waals surface area (Å²) in [5, 5.41) is 13.0. The van der Waals surface area contributed by atoms with Crippen LogP contribution in [0.2, 0.25) is 5.02 Å². The summed E-state index contributed by atoms with van der Waals surface area (Å²) in [6.45, 7) is 4.49. The van der Waals surface area contributed by atoms with Crippen LogP contribution in [0.25, 0.3) is 6.08 Å². The highest BCUT2D eigenvalue weighted by Crippen LogP contribution is 2.36. The smallest absolute Gasteiger partial charge is 0.266 e. The molecule has 0 heterocycles. The zero-order valence-electron chi connectivity index (χ0n) is 18.2. The van der Waals surface area contributed by atoms with Gasteiger partial charge in [-0.05, 0) is 61.4 Å². The largest absolute Gasteiger partial charge is 0.490 e. The molecule has 0 atom stereocenters. The van der Waals surface area contributed by atoms with Gasteiger partial charge in [0.15, 0.2) is 11.5 Å². The van der Waals surface area contributed by atoms with Gasteiger partial charge in [0.2, 0.25) is 0 Å². The lowest BCUT2D eigenvalue weighted by Gasteiger charge is -2.15. The van der Waals surface area contributed by atoms with Crippen LogP contribution in [-0.4, -0.2) is 12.5 Å². The minimum Gasteiger partial charge on any atom is -0.490 e. The predicted octanol–water partition coefficient (Wildman–Crippen LogP) is 6.93. The van der Waals surface area contributed by atoms with Crippen molar-refractivity contribution in [1.82, 2.24) is 0 Å². The molecular formula is C26H22BrClN2O3. The Hall–Kier alpha value is -3.27. The van der Waals surface area contributed by atoms with Crippen LogP contribution in [0.15, 0.2) is 70.7 Å². The first-order valence-electron chi connectivity index (χ1n) is 10.2. The highest BCUT2D eigenvalue weighted by Gasteiger charge is 2.15. The van der Waals surface area contributed by atoms with Gasteiger partial charge in [-0.3, -0.25) is 4.79 Å². The molecule has 3 rings (SSSR count). The number of carbonyl (C=O) groups excluding carboxylic acids is 1. The fourth-order valence-electron chi connectivity index (χ4n) is 3.04. The number of amides is 1. The number of nitrogens with one attached hydrogen (secondary N) is 1. The third kappa shape index (κ3) is 6.61. The molecule has 0 unspecified atom stereocenters. The Morgan fingerprint density at radius 3 is 2.58 bits per heavy atom. The van der Waals surface area contributed by atoms with Gasteiger partial charge in [-0.15, -0.1) is 0 Å². The zero-order valence-corrected chi connectivity index (χ0v) is 20.5. The van der Waals surface area contributed by atoms with E-state index in [9.17, 15) is 10.1 Å². The third-order valence-corrected chi connectivity index (χ3v) is 5.70. The first kappa shape index (κ1) is 24.4. The van der Waals surface area contributed by atoms with Gasteiger partial charge >= 0.3 is 0 Å².